The lowest BCUT2D eigenvalue weighted by Crippen LogP contribution is -2.34. The summed E-state index contributed by atoms with van der Waals surface area (Å²) in [5.74, 6) is 0.899. The third kappa shape index (κ3) is 3.86. The Morgan fingerprint density at radius 1 is 1.36 bits per heavy atom. The number of hydrogen-bond acceptors (Lipinski definition) is 5. The van der Waals surface area contributed by atoms with E-state index in [2.05, 4.69) is 31.7 Å². The van der Waals surface area contributed by atoms with Gasteiger partial charge in [0.05, 0.1) is 5.69 Å². The van der Waals surface area contributed by atoms with Crippen molar-refractivity contribution in [2.75, 3.05) is 13.1 Å². The van der Waals surface area contributed by atoms with E-state index in [9.17, 15) is 4.79 Å². The number of nitrogens with one attached hydrogen (secondary N) is 1. The molecule has 1 fully saturated rings. The molecule has 0 spiro atoms. The lowest BCUT2D eigenvalue weighted by Gasteiger charge is -2.32. The Balaban J connectivity index is 1.56. The summed E-state index contributed by atoms with van der Waals surface area (Å²) in [5, 5.41) is 4.32. The molecule has 1 aliphatic rings. The molecule has 5 nitrogen and oxygen atoms in total. The largest absolute Gasteiger partial charge is 0.306 e. The smallest absolute Gasteiger partial charge is 0.251 e. The zero-order valence-corrected chi connectivity index (χ0v) is 14.7. The second-order valence-corrected chi connectivity index (χ2v) is 7.25. The summed E-state index contributed by atoms with van der Waals surface area (Å²) >= 11 is 1.74. The summed E-state index contributed by atoms with van der Waals surface area (Å²) in [6, 6.07) is 7.60. The topological polar surface area (TPSA) is 61.9 Å². The van der Waals surface area contributed by atoms with Crippen LogP contribution in [0, 0.1) is 0 Å². The van der Waals surface area contributed by atoms with Crippen LogP contribution in [0.25, 0.3) is 11.4 Å². The molecule has 0 aliphatic carbocycles. The Bertz CT molecular complexity index is 876. The Morgan fingerprint density at radius 3 is 3.12 bits per heavy atom. The van der Waals surface area contributed by atoms with Crippen LogP contribution in [0.2, 0.25) is 0 Å². The second-order valence-electron chi connectivity index (χ2n) is 6.47. The van der Waals surface area contributed by atoms with E-state index < -0.39 is 0 Å². The third-order valence-corrected chi connectivity index (χ3v) is 5.34. The molecule has 3 aromatic heterocycles. The molecular weight excluding hydrogens is 332 g/mol. The van der Waals surface area contributed by atoms with Gasteiger partial charge in [0, 0.05) is 43.0 Å². The van der Waals surface area contributed by atoms with Crippen LogP contribution < -0.4 is 5.56 Å². The highest BCUT2D eigenvalue weighted by Gasteiger charge is 2.23. The molecule has 4 rings (SSSR count). The molecular formula is C19H20N4OS. The normalized spacial score (nSPS) is 18.3. The number of hydrogen-bond donors (Lipinski definition) is 1. The molecule has 1 saturated heterocycles. The molecule has 3 aromatic rings. The minimum Gasteiger partial charge on any atom is -0.306 e. The van der Waals surface area contributed by atoms with Crippen molar-refractivity contribution >= 4 is 11.3 Å². The van der Waals surface area contributed by atoms with E-state index in [0.717, 1.165) is 43.7 Å². The minimum atomic E-state index is -0.0983. The zero-order valence-electron chi connectivity index (χ0n) is 13.9. The lowest BCUT2D eigenvalue weighted by atomic mass is 9.94. The van der Waals surface area contributed by atoms with Crippen molar-refractivity contribution in [1.82, 2.24) is 19.9 Å². The van der Waals surface area contributed by atoms with Crippen molar-refractivity contribution < 1.29 is 0 Å². The van der Waals surface area contributed by atoms with Gasteiger partial charge in [0.2, 0.25) is 0 Å². The van der Waals surface area contributed by atoms with Crippen molar-refractivity contribution in [3.63, 3.8) is 0 Å². The molecule has 0 bridgehead atoms. The van der Waals surface area contributed by atoms with Gasteiger partial charge in [-0.05, 0) is 53.9 Å². The van der Waals surface area contributed by atoms with Crippen molar-refractivity contribution in [1.29, 1.82) is 0 Å². The molecule has 0 aromatic carbocycles. The minimum absolute atomic E-state index is 0.0983. The zero-order chi connectivity index (χ0) is 17.1. The van der Waals surface area contributed by atoms with Gasteiger partial charge in [-0.1, -0.05) is 0 Å². The van der Waals surface area contributed by atoms with Crippen LogP contribution in [0.15, 0.2) is 52.2 Å². The Labute approximate surface area is 150 Å². The van der Waals surface area contributed by atoms with Crippen LogP contribution in [0.4, 0.5) is 0 Å². The van der Waals surface area contributed by atoms with E-state index in [0.29, 0.717) is 11.7 Å². The molecule has 0 radical (unpaired) electrons. The average molecular weight is 352 g/mol. The summed E-state index contributed by atoms with van der Waals surface area (Å²) in [7, 11) is 0. The molecule has 25 heavy (non-hydrogen) atoms. The number of rotatable bonds is 4. The van der Waals surface area contributed by atoms with E-state index in [1.54, 1.807) is 29.8 Å². The molecule has 128 valence electrons. The predicted molar refractivity (Wildman–Crippen MR) is 99.7 cm³/mol. The molecule has 1 N–H and O–H groups in total. The van der Waals surface area contributed by atoms with Crippen LogP contribution in [-0.2, 0) is 6.54 Å². The monoisotopic (exact) mass is 352 g/mol. The number of thiophene rings is 1. The van der Waals surface area contributed by atoms with Gasteiger partial charge in [-0.15, -0.1) is 0 Å². The first-order valence-electron chi connectivity index (χ1n) is 8.53. The second kappa shape index (κ2) is 7.29. The van der Waals surface area contributed by atoms with Gasteiger partial charge in [0.1, 0.15) is 5.82 Å². The number of aromatic amines is 1. The number of pyridine rings is 1. The summed E-state index contributed by atoms with van der Waals surface area (Å²) < 4.78 is 0. The maximum absolute atomic E-state index is 12.1. The van der Waals surface area contributed by atoms with Crippen LogP contribution in [-0.4, -0.2) is 32.9 Å². The Kier molecular flexibility index (Phi) is 4.72. The standard InChI is InChI=1S/C19H20N4OS/c24-18-9-17(21-19(22-18)15-3-1-6-20-10-15)16-4-2-7-23(12-16)11-14-5-8-25-13-14/h1,3,5-6,8-10,13,16H,2,4,7,11-12H2,(H,21,22,24)/t16-/m1/s1. The highest BCUT2D eigenvalue weighted by atomic mass is 32.1. The molecule has 4 heterocycles. The molecule has 1 aliphatic heterocycles. The summed E-state index contributed by atoms with van der Waals surface area (Å²) in [6.07, 6.45) is 5.65. The first-order chi connectivity index (χ1) is 12.3. The maximum Gasteiger partial charge on any atom is 0.251 e. The van der Waals surface area contributed by atoms with Crippen LogP contribution in [0.3, 0.4) is 0 Å². The van der Waals surface area contributed by atoms with E-state index in [-0.39, 0.29) is 5.56 Å². The van der Waals surface area contributed by atoms with Crippen molar-refractivity contribution in [3.8, 4) is 11.4 Å². The number of likely N-dealkylation sites (tertiary alicyclic amines) is 1. The van der Waals surface area contributed by atoms with Crippen LogP contribution in [0.1, 0.15) is 30.0 Å². The highest BCUT2D eigenvalue weighted by molar-refractivity contribution is 7.07. The number of H-pyrrole nitrogens is 1. The first-order valence-corrected chi connectivity index (χ1v) is 9.47. The molecule has 0 unspecified atom stereocenters. The highest BCUT2D eigenvalue weighted by Crippen LogP contribution is 2.27. The van der Waals surface area contributed by atoms with Gasteiger partial charge in [-0.2, -0.15) is 11.3 Å². The van der Waals surface area contributed by atoms with Gasteiger partial charge in [-0.25, -0.2) is 4.98 Å². The Morgan fingerprint density at radius 2 is 2.32 bits per heavy atom. The van der Waals surface area contributed by atoms with Crippen molar-refractivity contribution in [2.45, 2.75) is 25.3 Å². The SMILES string of the molecule is O=c1cc([C@@H]2CCCN(Cc3ccsc3)C2)nc(-c2cccnc2)[nH]1. The van der Waals surface area contributed by atoms with Gasteiger partial charge in [-0.3, -0.25) is 14.7 Å². The van der Waals surface area contributed by atoms with Gasteiger partial charge < -0.3 is 4.98 Å². The van der Waals surface area contributed by atoms with Gasteiger partial charge >= 0.3 is 0 Å². The molecule has 6 heteroatoms. The third-order valence-electron chi connectivity index (χ3n) is 4.61. The summed E-state index contributed by atoms with van der Waals surface area (Å²) in [6.45, 7) is 3.02. The summed E-state index contributed by atoms with van der Waals surface area (Å²) in [5.41, 5.74) is 2.99. The van der Waals surface area contributed by atoms with Gasteiger partial charge in [0.25, 0.3) is 5.56 Å². The van der Waals surface area contributed by atoms with E-state index in [1.165, 1.54) is 5.56 Å². The quantitative estimate of drug-likeness (QED) is 0.783. The lowest BCUT2D eigenvalue weighted by molar-refractivity contribution is 0.198. The number of aromatic nitrogens is 3. The fourth-order valence-corrected chi connectivity index (χ4v) is 4.07. The molecule has 1 atom stereocenters. The number of nitrogens with zero attached hydrogens (tertiary/aromatic N) is 3. The predicted octanol–water partition coefficient (Wildman–Crippen LogP) is 3.27. The van der Waals surface area contributed by atoms with Crippen molar-refractivity contribution in [3.05, 3.63) is 69.0 Å². The molecule has 0 saturated carbocycles. The van der Waals surface area contributed by atoms with E-state index in [4.69, 9.17) is 4.98 Å². The fourth-order valence-electron chi connectivity index (χ4n) is 3.41. The van der Waals surface area contributed by atoms with E-state index >= 15 is 0 Å². The van der Waals surface area contributed by atoms with Crippen molar-refractivity contribution in [2.24, 2.45) is 0 Å². The Hall–Kier alpha value is -2.31. The van der Waals surface area contributed by atoms with Crippen LogP contribution >= 0.6 is 11.3 Å². The van der Waals surface area contributed by atoms with Crippen LogP contribution in [0.5, 0.6) is 0 Å². The first kappa shape index (κ1) is 16.2. The maximum atomic E-state index is 12.1. The molecule has 0 amide bonds. The summed E-state index contributed by atoms with van der Waals surface area (Å²) in [4.78, 5) is 26.3. The van der Waals surface area contributed by atoms with E-state index in [1.807, 2.05) is 12.1 Å². The van der Waals surface area contributed by atoms with Gasteiger partial charge in [0.15, 0.2) is 0 Å². The fraction of sp³-hybridized carbons (Fsp3) is 0.316. The average Bonchev–Trinajstić information content (AvgIpc) is 3.15. The number of piperidine rings is 1.